The van der Waals surface area contributed by atoms with E-state index >= 15 is 0 Å². The van der Waals surface area contributed by atoms with Crippen molar-refractivity contribution < 1.29 is 14.4 Å². The van der Waals surface area contributed by atoms with Crippen molar-refractivity contribution in [1.82, 2.24) is 15.5 Å². The summed E-state index contributed by atoms with van der Waals surface area (Å²) in [6.45, 7) is 3.98. The molecular formula is C14H23N3O3. The van der Waals surface area contributed by atoms with Crippen LogP contribution in [0.25, 0.3) is 0 Å². The van der Waals surface area contributed by atoms with Gasteiger partial charge in [0.25, 0.3) is 0 Å². The van der Waals surface area contributed by atoms with Gasteiger partial charge < -0.3 is 14.9 Å². The Bertz CT molecular complexity index is 445. The molecule has 1 saturated carbocycles. The first kappa shape index (κ1) is 15.0. The van der Waals surface area contributed by atoms with E-state index in [9.17, 15) is 9.90 Å². The normalized spacial score (nSPS) is 23.0. The smallest absolute Gasteiger partial charge is 0.227 e. The molecule has 0 radical (unpaired) electrons. The van der Waals surface area contributed by atoms with Gasteiger partial charge in [0, 0.05) is 18.8 Å². The third kappa shape index (κ3) is 4.03. The number of hydrogen-bond donors (Lipinski definition) is 2. The Morgan fingerprint density at radius 1 is 1.45 bits per heavy atom. The fraction of sp³-hybridized carbons (Fsp3) is 0.786. The van der Waals surface area contributed by atoms with Gasteiger partial charge in [0.05, 0.1) is 12.1 Å². The number of aliphatic hydroxyl groups excluding tert-OH is 1. The zero-order chi connectivity index (χ0) is 14.5. The predicted octanol–water partition coefficient (Wildman–Crippen LogP) is 1.55. The number of aromatic nitrogens is 2. The second-order valence-electron chi connectivity index (χ2n) is 5.73. The van der Waals surface area contributed by atoms with Gasteiger partial charge in [-0.2, -0.15) is 4.98 Å². The monoisotopic (exact) mass is 281 g/mol. The lowest BCUT2D eigenvalue weighted by Crippen LogP contribution is -2.45. The molecule has 0 bridgehead atoms. The van der Waals surface area contributed by atoms with Crippen LogP contribution in [0.15, 0.2) is 4.52 Å². The highest BCUT2D eigenvalue weighted by atomic mass is 16.5. The van der Waals surface area contributed by atoms with E-state index in [-0.39, 0.29) is 17.9 Å². The van der Waals surface area contributed by atoms with Crippen molar-refractivity contribution in [2.45, 2.75) is 70.4 Å². The van der Waals surface area contributed by atoms with Gasteiger partial charge in [0.2, 0.25) is 11.8 Å². The first-order valence-corrected chi connectivity index (χ1v) is 7.36. The van der Waals surface area contributed by atoms with Gasteiger partial charge in [0.15, 0.2) is 5.82 Å². The highest BCUT2D eigenvalue weighted by Gasteiger charge is 2.24. The summed E-state index contributed by atoms with van der Waals surface area (Å²) in [5.41, 5.74) is 0. The van der Waals surface area contributed by atoms with E-state index in [1.165, 1.54) is 0 Å². The molecule has 0 saturated heterocycles. The molecule has 1 aromatic rings. The Kier molecular flexibility index (Phi) is 5.11. The van der Waals surface area contributed by atoms with Crippen LogP contribution in [0.2, 0.25) is 0 Å². The van der Waals surface area contributed by atoms with Gasteiger partial charge in [-0.05, 0) is 12.8 Å². The van der Waals surface area contributed by atoms with Crippen molar-refractivity contribution in [2.75, 3.05) is 0 Å². The van der Waals surface area contributed by atoms with Crippen LogP contribution in [0.3, 0.4) is 0 Å². The third-order valence-corrected chi connectivity index (χ3v) is 3.64. The number of amides is 1. The van der Waals surface area contributed by atoms with Crippen molar-refractivity contribution in [3.05, 3.63) is 11.7 Å². The number of carbonyl (C=O) groups is 1. The van der Waals surface area contributed by atoms with Gasteiger partial charge in [-0.1, -0.05) is 31.8 Å². The average Bonchev–Trinajstić information content (AvgIpc) is 2.88. The highest BCUT2D eigenvalue weighted by molar-refractivity contribution is 5.76. The lowest BCUT2D eigenvalue weighted by molar-refractivity contribution is -0.123. The SMILES string of the molecule is CC(C)c1noc(CCC(=O)NC2CCCCC2O)n1. The molecule has 1 fully saturated rings. The summed E-state index contributed by atoms with van der Waals surface area (Å²) < 4.78 is 5.10. The second kappa shape index (κ2) is 6.83. The van der Waals surface area contributed by atoms with Crippen molar-refractivity contribution in [3.63, 3.8) is 0 Å². The maximum Gasteiger partial charge on any atom is 0.227 e. The van der Waals surface area contributed by atoms with Crippen LogP contribution in [-0.2, 0) is 11.2 Å². The van der Waals surface area contributed by atoms with E-state index in [1.807, 2.05) is 13.8 Å². The van der Waals surface area contributed by atoms with Crippen LogP contribution in [0.5, 0.6) is 0 Å². The summed E-state index contributed by atoms with van der Waals surface area (Å²) >= 11 is 0. The number of aliphatic hydroxyl groups is 1. The van der Waals surface area contributed by atoms with Gasteiger partial charge in [-0.3, -0.25) is 4.79 Å². The van der Waals surface area contributed by atoms with Crippen molar-refractivity contribution in [3.8, 4) is 0 Å². The molecule has 1 amide bonds. The van der Waals surface area contributed by atoms with Crippen molar-refractivity contribution in [1.29, 1.82) is 0 Å². The highest BCUT2D eigenvalue weighted by Crippen LogP contribution is 2.18. The minimum absolute atomic E-state index is 0.0692. The largest absolute Gasteiger partial charge is 0.391 e. The molecule has 1 aliphatic rings. The fourth-order valence-corrected chi connectivity index (χ4v) is 2.38. The number of aryl methyl sites for hydroxylation is 1. The molecule has 0 aliphatic heterocycles. The standard InChI is InChI=1S/C14H23N3O3/c1-9(2)14-16-13(20-17-14)8-7-12(19)15-10-5-3-4-6-11(10)18/h9-11,18H,3-8H2,1-2H3,(H,15,19). The van der Waals surface area contributed by atoms with E-state index in [0.717, 1.165) is 25.7 Å². The molecule has 1 aromatic heterocycles. The minimum Gasteiger partial charge on any atom is -0.391 e. The summed E-state index contributed by atoms with van der Waals surface area (Å²) in [5.74, 6) is 1.31. The Balaban J connectivity index is 1.76. The first-order chi connectivity index (χ1) is 9.56. The van der Waals surface area contributed by atoms with Crippen LogP contribution in [-0.4, -0.2) is 33.3 Å². The molecule has 1 aliphatic carbocycles. The maximum atomic E-state index is 11.9. The summed E-state index contributed by atoms with van der Waals surface area (Å²) in [5, 5.41) is 16.6. The predicted molar refractivity (Wildman–Crippen MR) is 73.1 cm³/mol. The Morgan fingerprint density at radius 3 is 2.85 bits per heavy atom. The average molecular weight is 281 g/mol. The number of hydrogen-bond acceptors (Lipinski definition) is 5. The molecule has 2 atom stereocenters. The Hall–Kier alpha value is -1.43. The summed E-state index contributed by atoms with van der Waals surface area (Å²) in [7, 11) is 0. The quantitative estimate of drug-likeness (QED) is 0.854. The second-order valence-corrected chi connectivity index (χ2v) is 5.73. The molecule has 2 N–H and O–H groups in total. The maximum absolute atomic E-state index is 11.9. The topological polar surface area (TPSA) is 88.2 Å². The molecular weight excluding hydrogens is 258 g/mol. The van der Waals surface area contributed by atoms with Gasteiger partial charge in [-0.15, -0.1) is 0 Å². The number of nitrogens with zero attached hydrogens (tertiary/aromatic N) is 2. The van der Waals surface area contributed by atoms with Crippen LogP contribution in [0.1, 0.15) is 63.6 Å². The number of rotatable bonds is 5. The number of carbonyl (C=O) groups excluding carboxylic acids is 1. The van der Waals surface area contributed by atoms with E-state index in [2.05, 4.69) is 15.5 Å². The molecule has 6 nitrogen and oxygen atoms in total. The molecule has 0 spiro atoms. The fourth-order valence-electron chi connectivity index (χ4n) is 2.38. The minimum atomic E-state index is -0.413. The molecule has 20 heavy (non-hydrogen) atoms. The first-order valence-electron chi connectivity index (χ1n) is 7.36. The van der Waals surface area contributed by atoms with E-state index in [4.69, 9.17) is 4.52 Å². The van der Waals surface area contributed by atoms with Crippen LogP contribution in [0.4, 0.5) is 0 Å². The van der Waals surface area contributed by atoms with E-state index < -0.39 is 6.10 Å². The lowest BCUT2D eigenvalue weighted by atomic mass is 9.92. The Morgan fingerprint density at radius 2 is 2.20 bits per heavy atom. The third-order valence-electron chi connectivity index (χ3n) is 3.64. The van der Waals surface area contributed by atoms with Crippen LogP contribution in [0, 0.1) is 0 Å². The molecule has 1 heterocycles. The van der Waals surface area contributed by atoms with Crippen LogP contribution < -0.4 is 5.32 Å². The van der Waals surface area contributed by atoms with Crippen molar-refractivity contribution >= 4 is 5.91 Å². The summed E-state index contributed by atoms with van der Waals surface area (Å²) in [4.78, 5) is 16.1. The zero-order valence-electron chi connectivity index (χ0n) is 12.1. The number of nitrogens with one attached hydrogen (secondary N) is 1. The van der Waals surface area contributed by atoms with E-state index in [1.54, 1.807) is 0 Å². The molecule has 112 valence electrons. The summed E-state index contributed by atoms with van der Waals surface area (Å²) in [6.07, 6.45) is 4.05. The van der Waals surface area contributed by atoms with Gasteiger partial charge in [-0.25, -0.2) is 0 Å². The lowest BCUT2D eigenvalue weighted by Gasteiger charge is -2.28. The molecule has 2 rings (SSSR count). The Labute approximate surface area is 118 Å². The van der Waals surface area contributed by atoms with Gasteiger partial charge in [0.1, 0.15) is 0 Å². The zero-order valence-corrected chi connectivity index (χ0v) is 12.1. The van der Waals surface area contributed by atoms with E-state index in [0.29, 0.717) is 24.6 Å². The van der Waals surface area contributed by atoms with Crippen LogP contribution >= 0.6 is 0 Å². The molecule has 0 aromatic carbocycles. The van der Waals surface area contributed by atoms with Crippen molar-refractivity contribution in [2.24, 2.45) is 0 Å². The summed E-state index contributed by atoms with van der Waals surface area (Å²) in [6, 6.07) is -0.106. The molecule has 6 heteroatoms. The molecule has 2 unspecified atom stereocenters. The van der Waals surface area contributed by atoms with Gasteiger partial charge >= 0.3 is 0 Å².